The molecule has 194 valence electrons. The van der Waals surface area contributed by atoms with Gasteiger partial charge in [-0.05, 0) is 106 Å². The molecule has 6 nitrogen and oxygen atoms in total. The van der Waals surface area contributed by atoms with Gasteiger partial charge >= 0.3 is 12.1 Å². The molecule has 1 aliphatic rings. The Labute approximate surface area is 219 Å². The van der Waals surface area contributed by atoms with Crippen LogP contribution in [0.3, 0.4) is 0 Å². The first-order valence-corrected chi connectivity index (χ1v) is 12.7. The molecule has 0 aliphatic carbocycles. The van der Waals surface area contributed by atoms with E-state index in [1.54, 1.807) is 4.90 Å². The molecule has 3 aromatic rings. The van der Waals surface area contributed by atoms with Gasteiger partial charge in [0.1, 0.15) is 17.1 Å². The number of anilines is 1. The normalized spacial score (nSPS) is 12.8. The first-order chi connectivity index (χ1) is 17.6. The molecule has 0 radical (unpaired) electrons. The standard InChI is InChI=1S/C31H35NO5/c1-7-35-29(33)19-22-8-10-23(11-9-22)25-13-12-24(18-20(25)2)36-28-15-14-27-26(21(28)3)16-17-32(27)30(34)37-31(4,5)6/h8-15,18H,7,16-17,19H2,1-6H3. The van der Waals surface area contributed by atoms with Gasteiger partial charge in [-0.25, -0.2) is 4.79 Å². The second-order valence-corrected chi connectivity index (χ2v) is 10.3. The maximum Gasteiger partial charge on any atom is 0.414 e. The Morgan fingerprint density at radius 2 is 1.70 bits per heavy atom. The van der Waals surface area contributed by atoms with Crippen molar-refractivity contribution in [1.82, 2.24) is 0 Å². The zero-order valence-electron chi connectivity index (χ0n) is 22.5. The summed E-state index contributed by atoms with van der Waals surface area (Å²) in [7, 11) is 0. The second-order valence-electron chi connectivity index (χ2n) is 10.3. The van der Waals surface area contributed by atoms with E-state index >= 15 is 0 Å². The second kappa shape index (κ2) is 10.7. The number of carbonyl (C=O) groups is 2. The average molecular weight is 502 g/mol. The molecule has 0 saturated heterocycles. The lowest BCUT2D eigenvalue weighted by Crippen LogP contribution is -2.35. The Hall–Kier alpha value is -3.80. The fourth-order valence-corrected chi connectivity index (χ4v) is 4.58. The molecule has 0 atom stereocenters. The van der Waals surface area contributed by atoms with Gasteiger partial charge in [-0.2, -0.15) is 0 Å². The predicted molar refractivity (Wildman–Crippen MR) is 145 cm³/mol. The summed E-state index contributed by atoms with van der Waals surface area (Å²) in [5.41, 5.74) is 6.69. The number of nitrogens with zero attached hydrogens (tertiary/aromatic N) is 1. The van der Waals surface area contributed by atoms with Crippen LogP contribution in [0.1, 0.15) is 49.9 Å². The van der Waals surface area contributed by atoms with Gasteiger partial charge in [0, 0.05) is 6.54 Å². The molecule has 0 N–H and O–H groups in total. The number of aryl methyl sites for hydroxylation is 1. The summed E-state index contributed by atoms with van der Waals surface area (Å²) in [6.07, 6.45) is 0.719. The minimum Gasteiger partial charge on any atom is -0.466 e. The largest absolute Gasteiger partial charge is 0.466 e. The van der Waals surface area contributed by atoms with Crippen LogP contribution in [0.2, 0.25) is 0 Å². The van der Waals surface area contributed by atoms with Crippen molar-refractivity contribution >= 4 is 17.7 Å². The summed E-state index contributed by atoms with van der Waals surface area (Å²) < 4.78 is 16.9. The third-order valence-corrected chi connectivity index (χ3v) is 6.36. The Bertz CT molecular complexity index is 1300. The van der Waals surface area contributed by atoms with E-state index in [9.17, 15) is 9.59 Å². The molecule has 1 amide bonds. The number of rotatable bonds is 6. The molecule has 6 heteroatoms. The van der Waals surface area contributed by atoms with Crippen LogP contribution >= 0.6 is 0 Å². The van der Waals surface area contributed by atoms with Crippen molar-refractivity contribution in [3.05, 3.63) is 76.9 Å². The quantitative estimate of drug-likeness (QED) is 0.335. The molecule has 0 aromatic heterocycles. The van der Waals surface area contributed by atoms with E-state index in [0.29, 0.717) is 13.2 Å². The van der Waals surface area contributed by atoms with Crippen molar-refractivity contribution < 1.29 is 23.8 Å². The monoisotopic (exact) mass is 501 g/mol. The summed E-state index contributed by atoms with van der Waals surface area (Å²) >= 11 is 0. The number of ether oxygens (including phenoxy) is 3. The summed E-state index contributed by atoms with van der Waals surface area (Å²) in [6, 6.07) is 17.9. The maximum atomic E-state index is 12.6. The molecular formula is C31H35NO5. The zero-order chi connectivity index (χ0) is 26.7. The Morgan fingerprint density at radius 3 is 2.35 bits per heavy atom. The van der Waals surface area contributed by atoms with Crippen LogP contribution in [0.5, 0.6) is 11.5 Å². The van der Waals surface area contributed by atoms with E-state index < -0.39 is 5.60 Å². The topological polar surface area (TPSA) is 65.1 Å². The third-order valence-electron chi connectivity index (χ3n) is 6.36. The highest BCUT2D eigenvalue weighted by molar-refractivity contribution is 5.91. The van der Waals surface area contributed by atoms with Crippen LogP contribution in [-0.2, 0) is 27.1 Å². The smallest absolute Gasteiger partial charge is 0.414 e. The van der Waals surface area contributed by atoms with Crippen molar-refractivity contribution in [2.45, 2.75) is 60.0 Å². The Kier molecular flexibility index (Phi) is 7.58. The van der Waals surface area contributed by atoms with Crippen LogP contribution in [0.25, 0.3) is 11.1 Å². The number of hydrogen-bond donors (Lipinski definition) is 0. The third kappa shape index (κ3) is 6.13. The van der Waals surface area contributed by atoms with Gasteiger partial charge in [0.15, 0.2) is 0 Å². The van der Waals surface area contributed by atoms with Crippen LogP contribution in [0.4, 0.5) is 10.5 Å². The molecule has 0 fully saturated rings. The minimum atomic E-state index is -0.535. The van der Waals surface area contributed by atoms with Crippen molar-refractivity contribution in [3.63, 3.8) is 0 Å². The molecule has 1 aliphatic heterocycles. The van der Waals surface area contributed by atoms with E-state index in [0.717, 1.165) is 57.0 Å². The molecule has 1 heterocycles. The van der Waals surface area contributed by atoms with E-state index in [4.69, 9.17) is 14.2 Å². The lowest BCUT2D eigenvalue weighted by Gasteiger charge is -2.25. The Morgan fingerprint density at radius 1 is 0.973 bits per heavy atom. The fraction of sp³-hybridized carbons (Fsp3) is 0.355. The van der Waals surface area contributed by atoms with Crippen molar-refractivity contribution in [2.24, 2.45) is 0 Å². The maximum absolute atomic E-state index is 12.6. The molecule has 0 bridgehead atoms. The first kappa shape index (κ1) is 26.3. The number of hydrogen-bond acceptors (Lipinski definition) is 5. The molecule has 4 rings (SSSR count). The van der Waals surface area contributed by atoms with Crippen molar-refractivity contribution in [1.29, 1.82) is 0 Å². The van der Waals surface area contributed by atoms with Crippen LogP contribution in [0, 0.1) is 13.8 Å². The average Bonchev–Trinajstić information content (AvgIpc) is 3.26. The number of amides is 1. The summed E-state index contributed by atoms with van der Waals surface area (Å²) in [6.45, 7) is 12.5. The van der Waals surface area contributed by atoms with Crippen LogP contribution in [-0.4, -0.2) is 30.8 Å². The number of benzene rings is 3. The van der Waals surface area contributed by atoms with Crippen LogP contribution in [0.15, 0.2) is 54.6 Å². The SMILES string of the molecule is CCOC(=O)Cc1ccc(-c2ccc(Oc3ccc4c(c3C)CCN4C(=O)OC(C)(C)C)cc2C)cc1. The number of esters is 1. The van der Waals surface area contributed by atoms with Crippen molar-refractivity contribution in [3.8, 4) is 22.6 Å². The lowest BCUT2D eigenvalue weighted by molar-refractivity contribution is -0.142. The lowest BCUT2D eigenvalue weighted by atomic mass is 9.98. The van der Waals surface area contributed by atoms with E-state index in [1.807, 2.05) is 83.1 Å². The molecule has 3 aromatic carbocycles. The van der Waals surface area contributed by atoms with Gasteiger partial charge in [-0.3, -0.25) is 9.69 Å². The van der Waals surface area contributed by atoms with E-state index in [1.165, 1.54) is 0 Å². The summed E-state index contributed by atoms with van der Waals surface area (Å²) in [5, 5.41) is 0. The van der Waals surface area contributed by atoms with Gasteiger partial charge in [0.05, 0.1) is 18.7 Å². The van der Waals surface area contributed by atoms with Gasteiger partial charge in [-0.15, -0.1) is 0 Å². The highest BCUT2D eigenvalue weighted by Crippen LogP contribution is 2.38. The highest BCUT2D eigenvalue weighted by atomic mass is 16.6. The number of carbonyl (C=O) groups excluding carboxylic acids is 2. The van der Waals surface area contributed by atoms with E-state index in [2.05, 4.69) is 13.0 Å². The van der Waals surface area contributed by atoms with E-state index in [-0.39, 0.29) is 18.5 Å². The van der Waals surface area contributed by atoms with Gasteiger partial charge < -0.3 is 14.2 Å². The summed E-state index contributed by atoms with van der Waals surface area (Å²) in [5.74, 6) is 1.32. The molecule has 0 unspecified atom stereocenters. The van der Waals surface area contributed by atoms with Crippen LogP contribution < -0.4 is 9.64 Å². The molecule has 37 heavy (non-hydrogen) atoms. The molecule has 0 saturated carbocycles. The van der Waals surface area contributed by atoms with Gasteiger partial charge in [0.25, 0.3) is 0 Å². The van der Waals surface area contributed by atoms with Crippen molar-refractivity contribution in [2.75, 3.05) is 18.1 Å². The minimum absolute atomic E-state index is 0.215. The molecular weight excluding hydrogens is 466 g/mol. The Balaban J connectivity index is 1.48. The zero-order valence-corrected chi connectivity index (χ0v) is 22.5. The predicted octanol–water partition coefficient (Wildman–Crippen LogP) is 7.17. The summed E-state index contributed by atoms with van der Waals surface area (Å²) in [4.78, 5) is 26.1. The fourth-order valence-electron chi connectivity index (χ4n) is 4.58. The van der Waals surface area contributed by atoms with Gasteiger partial charge in [-0.1, -0.05) is 30.3 Å². The molecule has 0 spiro atoms. The highest BCUT2D eigenvalue weighted by Gasteiger charge is 2.30. The number of fused-ring (bicyclic) bond motifs is 1. The van der Waals surface area contributed by atoms with Gasteiger partial charge in [0.2, 0.25) is 0 Å². The first-order valence-electron chi connectivity index (χ1n) is 12.7.